The van der Waals surface area contributed by atoms with Gasteiger partial charge in [0.05, 0.1) is 31.1 Å². The Morgan fingerprint density at radius 3 is 2.71 bits per heavy atom. The van der Waals surface area contributed by atoms with E-state index in [9.17, 15) is 18.3 Å². The van der Waals surface area contributed by atoms with E-state index in [0.717, 1.165) is 31.2 Å². The first-order valence-electron chi connectivity index (χ1n) is 10.8. The molecule has 10 heteroatoms. The van der Waals surface area contributed by atoms with Crippen LogP contribution in [0.3, 0.4) is 0 Å². The summed E-state index contributed by atoms with van der Waals surface area (Å²) in [6, 6.07) is 3.61. The van der Waals surface area contributed by atoms with E-state index >= 15 is 0 Å². The molecule has 31 heavy (non-hydrogen) atoms. The first-order chi connectivity index (χ1) is 14.7. The van der Waals surface area contributed by atoms with Crippen molar-refractivity contribution in [1.82, 2.24) is 14.9 Å². The topological polar surface area (TPSA) is 117 Å². The first kappa shape index (κ1) is 23.8. The second-order valence-electron chi connectivity index (χ2n) is 8.29. The highest BCUT2D eigenvalue weighted by molar-refractivity contribution is 7.88. The Morgan fingerprint density at radius 2 is 2.00 bits per heavy atom. The molecule has 2 aliphatic rings. The summed E-state index contributed by atoms with van der Waals surface area (Å²) in [6.45, 7) is 5.79. The van der Waals surface area contributed by atoms with E-state index in [0.29, 0.717) is 62.9 Å². The number of likely N-dealkylation sites (tertiary alicyclic amines) is 1. The predicted molar refractivity (Wildman–Crippen MR) is 117 cm³/mol. The summed E-state index contributed by atoms with van der Waals surface area (Å²) in [5, 5.41) is 13.5. The van der Waals surface area contributed by atoms with E-state index in [1.165, 1.54) is 0 Å². The Kier molecular flexibility index (Phi) is 8.15. The highest BCUT2D eigenvalue weighted by Gasteiger charge is 2.28. The third-order valence-electron chi connectivity index (χ3n) is 5.68. The van der Waals surface area contributed by atoms with Gasteiger partial charge in [0.15, 0.2) is 11.5 Å². The number of fused-ring (bicyclic) bond motifs is 1. The van der Waals surface area contributed by atoms with Gasteiger partial charge in [-0.25, -0.2) is 13.1 Å². The molecule has 0 bridgehead atoms. The number of nitrogens with one attached hydrogen (secondary N) is 2. The van der Waals surface area contributed by atoms with Crippen LogP contribution in [0.15, 0.2) is 12.1 Å². The molecule has 0 aliphatic carbocycles. The molecule has 9 nitrogen and oxygen atoms in total. The number of aliphatic hydroxyl groups excluding tert-OH is 1. The number of β-amino-alcohol motifs (C(OH)–C–C–N with tert-alkyl or cyclic N) is 1. The average molecular weight is 456 g/mol. The van der Waals surface area contributed by atoms with E-state index in [1.54, 1.807) is 6.07 Å². The summed E-state index contributed by atoms with van der Waals surface area (Å²) in [5.41, 5.74) is 1.38. The van der Waals surface area contributed by atoms with Gasteiger partial charge in [-0.05, 0) is 44.5 Å². The predicted octanol–water partition coefficient (Wildman–Crippen LogP) is 0.508. The number of rotatable bonds is 8. The lowest BCUT2D eigenvalue weighted by Gasteiger charge is -2.36. The van der Waals surface area contributed by atoms with E-state index in [4.69, 9.17) is 9.47 Å². The molecule has 1 aromatic rings. The molecule has 1 saturated heterocycles. The smallest absolute Gasteiger partial charge is 0.255 e. The van der Waals surface area contributed by atoms with E-state index in [1.807, 2.05) is 13.0 Å². The van der Waals surface area contributed by atoms with Crippen molar-refractivity contribution in [1.29, 1.82) is 0 Å². The number of hydrogen-bond donors (Lipinski definition) is 3. The minimum atomic E-state index is -3.17. The van der Waals surface area contributed by atoms with Gasteiger partial charge in [0.2, 0.25) is 10.0 Å². The van der Waals surface area contributed by atoms with Crippen molar-refractivity contribution in [2.75, 3.05) is 52.2 Å². The SMILES string of the molecule is Cc1ccc(C(=O)NC[C@@H]2CCN(CCCNS(C)(=O)=O)CC2O)c2c1OCCCO2. The zero-order valence-corrected chi connectivity index (χ0v) is 19.0. The van der Waals surface area contributed by atoms with Crippen molar-refractivity contribution < 1.29 is 27.8 Å². The molecule has 0 radical (unpaired) electrons. The van der Waals surface area contributed by atoms with Crippen LogP contribution in [0, 0.1) is 12.8 Å². The number of piperidine rings is 1. The fourth-order valence-electron chi connectivity index (χ4n) is 3.94. The van der Waals surface area contributed by atoms with Crippen LogP contribution in [-0.4, -0.2) is 82.6 Å². The highest BCUT2D eigenvalue weighted by Crippen LogP contribution is 2.36. The lowest BCUT2D eigenvalue weighted by atomic mass is 9.93. The summed E-state index contributed by atoms with van der Waals surface area (Å²) in [4.78, 5) is 14.9. The molecule has 0 saturated carbocycles. The Hall–Kier alpha value is -1.88. The number of nitrogens with zero attached hydrogens (tertiary/aromatic N) is 1. The molecular weight excluding hydrogens is 422 g/mol. The van der Waals surface area contributed by atoms with Gasteiger partial charge in [-0.2, -0.15) is 0 Å². The van der Waals surface area contributed by atoms with Gasteiger partial charge < -0.3 is 24.8 Å². The molecule has 1 amide bonds. The fraction of sp³-hybridized carbons (Fsp3) is 0.667. The maximum absolute atomic E-state index is 12.8. The maximum atomic E-state index is 12.8. The van der Waals surface area contributed by atoms with Crippen molar-refractivity contribution in [3.8, 4) is 11.5 Å². The maximum Gasteiger partial charge on any atom is 0.255 e. The molecule has 1 aromatic carbocycles. The van der Waals surface area contributed by atoms with Crippen LogP contribution in [0.25, 0.3) is 0 Å². The summed E-state index contributed by atoms with van der Waals surface area (Å²) < 4.78 is 36.2. The monoisotopic (exact) mass is 455 g/mol. The number of hydrogen-bond acceptors (Lipinski definition) is 7. The number of carbonyl (C=O) groups excluding carboxylic acids is 1. The van der Waals surface area contributed by atoms with Gasteiger partial charge in [0.25, 0.3) is 5.91 Å². The molecule has 174 valence electrons. The minimum Gasteiger partial charge on any atom is -0.489 e. The normalized spacial score (nSPS) is 22.0. The molecule has 0 aromatic heterocycles. The van der Waals surface area contributed by atoms with Gasteiger partial charge in [0.1, 0.15) is 0 Å². The number of carbonyl (C=O) groups is 1. The van der Waals surface area contributed by atoms with Crippen molar-refractivity contribution >= 4 is 15.9 Å². The number of amides is 1. The van der Waals surface area contributed by atoms with Crippen LogP contribution >= 0.6 is 0 Å². The Morgan fingerprint density at radius 1 is 1.26 bits per heavy atom. The van der Waals surface area contributed by atoms with Crippen molar-refractivity contribution in [2.45, 2.75) is 32.3 Å². The Bertz CT molecular complexity index is 876. The lowest BCUT2D eigenvalue weighted by Crippen LogP contribution is -2.48. The van der Waals surface area contributed by atoms with E-state index < -0.39 is 16.1 Å². The van der Waals surface area contributed by atoms with Crippen LogP contribution in [-0.2, 0) is 10.0 Å². The highest BCUT2D eigenvalue weighted by atomic mass is 32.2. The van der Waals surface area contributed by atoms with Gasteiger partial charge in [-0.1, -0.05) is 6.07 Å². The van der Waals surface area contributed by atoms with Crippen LogP contribution in [0.4, 0.5) is 0 Å². The average Bonchev–Trinajstić information content (AvgIpc) is 2.97. The van der Waals surface area contributed by atoms with E-state index in [-0.39, 0.29) is 11.8 Å². The van der Waals surface area contributed by atoms with Crippen LogP contribution in [0.2, 0.25) is 0 Å². The molecule has 2 aliphatic heterocycles. The first-order valence-corrected chi connectivity index (χ1v) is 12.7. The van der Waals surface area contributed by atoms with Crippen LogP contribution < -0.4 is 19.5 Å². The Labute approximate surface area is 184 Å². The van der Waals surface area contributed by atoms with Gasteiger partial charge in [0, 0.05) is 32.0 Å². The lowest BCUT2D eigenvalue weighted by molar-refractivity contribution is 0.0219. The van der Waals surface area contributed by atoms with Crippen molar-refractivity contribution in [2.24, 2.45) is 5.92 Å². The third kappa shape index (κ3) is 6.80. The molecule has 3 rings (SSSR count). The minimum absolute atomic E-state index is 0.0319. The summed E-state index contributed by atoms with van der Waals surface area (Å²) >= 11 is 0. The van der Waals surface area contributed by atoms with Crippen LogP contribution in [0.5, 0.6) is 11.5 Å². The molecule has 2 atom stereocenters. The number of aryl methyl sites for hydroxylation is 1. The van der Waals surface area contributed by atoms with Gasteiger partial charge in [-0.3, -0.25) is 4.79 Å². The molecule has 0 spiro atoms. The van der Waals surface area contributed by atoms with Crippen LogP contribution in [0.1, 0.15) is 35.2 Å². The van der Waals surface area contributed by atoms with Crippen molar-refractivity contribution in [3.05, 3.63) is 23.3 Å². The summed E-state index contributed by atoms with van der Waals surface area (Å²) in [6.07, 6.45) is 2.80. The number of ether oxygens (including phenoxy) is 2. The number of aliphatic hydroxyl groups is 1. The second kappa shape index (κ2) is 10.6. The van der Waals surface area contributed by atoms with Gasteiger partial charge >= 0.3 is 0 Å². The second-order valence-corrected chi connectivity index (χ2v) is 10.1. The molecular formula is C21H33N3O6S. The zero-order chi connectivity index (χ0) is 22.4. The van der Waals surface area contributed by atoms with Crippen molar-refractivity contribution in [3.63, 3.8) is 0 Å². The van der Waals surface area contributed by atoms with E-state index in [2.05, 4.69) is 14.9 Å². The quantitative estimate of drug-likeness (QED) is 0.489. The number of sulfonamides is 1. The molecule has 1 unspecified atom stereocenters. The third-order valence-corrected chi connectivity index (χ3v) is 6.41. The fourth-order valence-corrected chi connectivity index (χ4v) is 4.45. The van der Waals surface area contributed by atoms with Gasteiger partial charge in [-0.15, -0.1) is 0 Å². The summed E-state index contributed by atoms with van der Waals surface area (Å²) in [5.74, 6) is 0.857. The molecule has 3 N–H and O–H groups in total. The summed E-state index contributed by atoms with van der Waals surface area (Å²) in [7, 11) is -3.17. The largest absolute Gasteiger partial charge is 0.489 e. The Balaban J connectivity index is 1.48. The standard InChI is InChI=1S/C21H33N3O6S/c1-15-5-6-17(20-19(15)29-11-4-12-30-20)21(26)22-13-16-7-10-24(14-18(16)25)9-3-8-23-31(2,27)28/h5-6,16,18,23,25H,3-4,7-14H2,1-2H3,(H,22,26)/t16-,18?/m0/s1. The zero-order valence-electron chi connectivity index (χ0n) is 18.2. The number of benzene rings is 1. The molecule has 1 fully saturated rings. The molecule has 2 heterocycles.